The van der Waals surface area contributed by atoms with E-state index in [2.05, 4.69) is 16.2 Å². The van der Waals surface area contributed by atoms with E-state index in [0.717, 1.165) is 6.07 Å². The molecule has 0 aliphatic carbocycles. The number of nitrogens with zero attached hydrogens (tertiary/aromatic N) is 1. The first kappa shape index (κ1) is 17.9. The highest BCUT2D eigenvalue weighted by Gasteiger charge is 2.19. The average Bonchev–Trinajstić information content (AvgIpc) is 2.59. The second kappa shape index (κ2) is 7.93. The molecule has 2 amide bonds. The second-order valence-corrected chi connectivity index (χ2v) is 5.02. The Kier molecular flexibility index (Phi) is 5.69. The average molecular weight is 362 g/mol. The molecular formula is C15H11FN4O4S. The van der Waals surface area contributed by atoms with Crippen LogP contribution in [0.2, 0.25) is 0 Å². The zero-order valence-corrected chi connectivity index (χ0v) is 13.3. The Morgan fingerprint density at radius 2 is 1.56 bits per heavy atom. The fourth-order valence-electron chi connectivity index (χ4n) is 1.85. The zero-order valence-electron chi connectivity index (χ0n) is 12.5. The minimum Gasteiger partial charge on any atom is -0.298 e. The van der Waals surface area contributed by atoms with Crippen LogP contribution in [0.15, 0.2) is 48.5 Å². The molecule has 10 heteroatoms. The van der Waals surface area contributed by atoms with Crippen LogP contribution in [0.3, 0.4) is 0 Å². The highest BCUT2D eigenvalue weighted by Crippen LogP contribution is 2.16. The summed E-state index contributed by atoms with van der Waals surface area (Å²) in [5, 5.41) is 12.8. The molecule has 0 aliphatic heterocycles. The SMILES string of the molecule is O=C(NC(=S)NNC(=O)c1ccccc1[N+](=O)[O-])c1ccccc1F. The summed E-state index contributed by atoms with van der Waals surface area (Å²) >= 11 is 4.81. The van der Waals surface area contributed by atoms with Gasteiger partial charge in [-0.25, -0.2) is 4.39 Å². The Morgan fingerprint density at radius 3 is 2.20 bits per heavy atom. The van der Waals surface area contributed by atoms with Crippen molar-refractivity contribution in [2.45, 2.75) is 0 Å². The van der Waals surface area contributed by atoms with Crippen LogP contribution < -0.4 is 16.2 Å². The van der Waals surface area contributed by atoms with Gasteiger partial charge in [0.15, 0.2) is 5.11 Å². The molecule has 8 nitrogen and oxygen atoms in total. The first-order valence-electron chi connectivity index (χ1n) is 6.79. The number of carbonyl (C=O) groups excluding carboxylic acids is 2. The van der Waals surface area contributed by atoms with Gasteiger partial charge in [0.25, 0.3) is 17.5 Å². The maximum atomic E-state index is 13.5. The number of halogens is 1. The van der Waals surface area contributed by atoms with Crippen molar-refractivity contribution in [2.24, 2.45) is 0 Å². The summed E-state index contributed by atoms with van der Waals surface area (Å²) in [5.41, 5.74) is 3.54. The quantitative estimate of drug-likeness (QED) is 0.435. The van der Waals surface area contributed by atoms with E-state index < -0.39 is 22.6 Å². The number of nitro groups is 1. The third kappa shape index (κ3) is 4.54. The summed E-state index contributed by atoms with van der Waals surface area (Å²) in [6.07, 6.45) is 0. The number of nitro benzene ring substituents is 1. The van der Waals surface area contributed by atoms with E-state index in [-0.39, 0.29) is 21.9 Å². The van der Waals surface area contributed by atoms with Crippen molar-refractivity contribution in [1.82, 2.24) is 16.2 Å². The maximum absolute atomic E-state index is 13.5. The van der Waals surface area contributed by atoms with Crippen LogP contribution in [0.4, 0.5) is 10.1 Å². The molecule has 0 aliphatic rings. The number of amides is 2. The van der Waals surface area contributed by atoms with Crippen LogP contribution in [0, 0.1) is 15.9 Å². The monoisotopic (exact) mass is 362 g/mol. The molecule has 25 heavy (non-hydrogen) atoms. The molecule has 2 rings (SSSR count). The minimum absolute atomic E-state index is 0.191. The van der Waals surface area contributed by atoms with Gasteiger partial charge in [0, 0.05) is 6.07 Å². The molecule has 128 valence electrons. The van der Waals surface area contributed by atoms with E-state index in [1.54, 1.807) is 0 Å². The molecule has 0 saturated carbocycles. The number of carbonyl (C=O) groups is 2. The third-order valence-corrected chi connectivity index (χ3v) is 3.18. The van der Waals surface area contributed by atoms with Crippen molar-refractivity contribution < 1.29 is 18.9 Å². The van der Waals surface area contributed by atoms with Crippen LogP contribution >= 0.6 is 12.2 Å². The second-order valence-electron chi connectivity index (χ2n) is 4.62. The Balaban J connectivity index is 1.96. The van der Waals surface area contributed by atoms with Crippen LogP contribution in [0.5, 0.6) is 0 Å². The lowest BCUT2D eigenvalue weighted by Gasteiger charge is -2.11. The third-order valence-electron chi connectivity index (χ3n) is 2.98. The van der Waals surface area contributed by atoms with Crippen molar-refractivity contribution in [3.05, 3.63) is 75.6 Å². The molecule has 0 atom stereocenters. The highest BCUT2D eigenvalue weighted by atomic mass is 32.1. The van der Waals surface area contributed by atoms with Crippen molar-refractivity contribution >= 4 is 34.8 Å². The van der Waals surface area contributed by atoms with Crippen molar-refractivity contribution in [2.75, 3.05) is 0 Å². The molecule has 2 aromatic carbocycles. The number of para-hydroxylation sites is 1. The Morgan fingerprint density at radius 1 is 0.960 bits per heavy atom. The summed E-state index contributed by atoms with van der Waals surface area (Å²) < 4.78 is 13.5. The largest absolute Gasteiger partial charge is 0.298 e. The fourth-order valence-corrected chi connectivity index (χ4v) is 2.00. The lowest BCUT2D eigenvalue weighted by Crippen LogP contribution is -2.48. The number of nitrogens with one attached hydrogen (secondary N) is 3. The Labute approximate surface area is 146 Å². The molecular weight excluding hydrogens is 351 g/mol. The Hall–Kier alpha value is -3.40. The normalized spacial score (nSPS) is 9.80. The number of hydrogen-bond donors (Lipinski definition) is 3. The molecule has 2 aromatic rings. The van der Waals surface area contributed by atoms with Gasteiger partial charge in [0.1, 0.15) is 11.4 Å². The van der Waals surface area contributed by atoms with Gasteiger partial charge in [0.05, 0.1) is 10.5 Å². The maximum Gasteiger partial charge on any atom is 0.282 e. The van der Waals surface area contributed by atoms with Crippen molar-refractivity contribution in [1.29, 1.82) is 0 Å². The number of rotatable bonds is 3. The van der Waals surface area contributed by atoms with Gasteiger partial charge in [-0.05, 0) is 30.4 Å². The van der Waals surface area contributed by atoms with Gasteiger partial charge < -0.3 is 0 Å². The number of hydrogen-bond acceptors (Lipinski definition) is 5. The molecule has 0 aromatic heterocycles. The van der Waals surface area contributed by atoms with Crippen molar-refractivity contribution in [3.8, 4) is 0 Å². The lowest BCUT2D eigenvalue weighted by atomic mass is 10.2. The number of hydrazine groups is 1. The highest BCUT2D eigenvalue weighted by molar-refractivity contribution is 7.80. The van der Waals surface area contributed by atoms with Crippen LogP contribution in [0.1, 0.15) is 20.7 Å². The zero-order chi connectivity index (χ0) is 18.4. The number of thiocarbonyl (C=S) groups is 1. The summed E-state index contributed by atoms with van der Waals surface area (Å²) in [6, 6.07) is 10.6. The summed E-state index contributed by atoms with van der Waals surface area (Å²) in [4.78, 5) is 34.0. The molecule has 0 fully saturated rings. The topological polar surface area (TPSA) is 113 Å². The predicted octanol–water partition coefficient (Wildman–Crippen LogP) is 1.68. The van der Waals surface area contributed by atoms with E-state index in [9.17, 15) is 24.1 Å². The van der Waals surface area contributed by atoms with Gasteiger partial charge in [-0.3, -0.25) is 35.9 Å². The summed E-state index contributed by atoms with van der Waals surface area (Å²) in [7, 11) is 0. The van der Waals surface area contributed by atoms with Gasteiger partial charge >= 0.3 is 0 Å². The van der Waals surface area contributed by atoms with E-state index in [1.807, 2.05) is 0 Å². The molecule has 0 bridgehead atoms. The number of benzene rings is 2. The lowest BCUT2D eigenvalue weighted by molar-refractivity contribution is -0.385. The van der Waals surface area contributed by atoms with E-state index >= 15 is 0 Å². The molecule has 0 radical (unpaired) electrons. The van der Waals surface area contributed by atoms with E-state index in [4.69, 9.17) is 12.2 Å². The van der Waals surface area contributed by atoms with Crippen LogP contribution in [0.25, 0.3) is 0 Å². The first-order valence-corrected chi connectivity index (χ1v) is 7.20. The molecule has 0 saturated heterocycles. The van der Waals surface area contributed by atoms with Gasteiger partial charge in [-0.2, -0.15) is 0 Å². The van der Waals surface area contributed by atoms with Gasteiger partial charge in [0.2, 0.25) is 0 Å². The van der Waals surface area contributed by atoms with E-state index in [1.165, 1.54) is 42.5 Å². The van der Waals surface area contributed by atoms with E-state index in [0.29, 0.717) is 0 Å². The van der Waals surface area contributed by atoms with Crippen LogP contribution in [-0.2, 0) is 0 Å². The molecule has 0 unspecified atom stereocenters. The molecule has 0 heterocycles. The van der Waals surface area contributed by atoms with Gasteiger partial charge in [-0.15, -0.1) is 0 Å². The summed E-state index contributed by atoms with van der Waals surface area (Å²) in [5.74, 6) is -2.36. The molecule has 3 N–H and O–H groups in total. The molecule has 0 spiro atoms. The standard InChI is InChI=1S/C15H11FN4O4S/c16-11-7-3-1-5-9(11)13(21)17-15(25)19-18-14(22)10-6-2-4-8-12(10)20(23)24/h1-8H,(H,18,22)(H2,17,19,21,25). The smallest absolute Gasteiger partial charge is 0.282 e. The van der Waals surface area contributed by atoms with Crippen LogP contribution in [-0.4, -0.2) is 21.9 Å². The summed E-state index contributed by atoms with van der Waals surface area (Å²) in [6.45, 7) is 0. The fraction of sp³-hybridized carbons (Fsp3) is 0. The first-order chi connectivity index (χ1) is 11.9. The predicted molar refractivity (Wildman–Crippen MR) is 90.2 cm³/mol. The van der Waals surface area contributed by atoms with Gasteiger partial charge in [-0.1, -0.05) is 24.3 Å². The minimum atomic E-state index is -0.824. The Bertz CT molecular complexity index is 859. The van der Waals surface area contributed by atoms with Crippen molar-refractivity contribution in [3.63, 3.8) is 0 Å².